The first-order chi connectivity index (χ1) is 10.3. The summed E-state index contributed by atoms with van der Waals surface area (Å²) < 4.78 is 1.96. The van der Waals surface area contributed by atoms with Crippen molar-refractivity contribution in [3.8, 4) is 11.3 Å². The van der Waals surface area contributed by atoms with Crippen LogP contribution >= 0.6 is 0 Å². The number of fused-ring (bicyclic) bond motifs is 1. The second-order valence-corrected chi connectivity index (χ2v) is 5.39. The van der Waals surface area contributed by atoms with Gasteiger partial charge in [-0.15, -0.1) is 0 Å². The molecule has 0 aliphatic heterocycles. The van der Waals surface area contributed by atoms with Crippen LogP contribution in [-0.4, -0.2) is 20.6 Å². The van der Waals surface area contributed by atoms with Crippen molar-refractivity contribution in [2.75, 3.05) is 0 Å². The fraction of sp³-hybridized carbons (Fsp3) is 0.176. The molecule has 1 aromatic carbocycles. The fourth-order valence-electron chi connectivity index (χ4n) is 2.89. The topological polar surface area (TPSA) is 55.1 Å². The zero-order valence-corrected chi connectivity index (χ0v) is 11.4. The maximum absolute atomic E-state index is 11.4. The second-order valence-electron chi connectivity index (χ2n) is 5.39. The first-order valence-corrected chi connectivity index (χ1v) is 7.04. The third kappa shape index (κ3) is 1.91. The lowest BCUT2D eigenvalue weighted by Crippen LogP contribution is -2.08. The van der Waals surface area contributed by atoms with Gasteiger partial charge in [0.2, 0.25) is 0 Å². The molecule has 1 aliphatic carbocycles. The van der Waals surface area contributed by atoms with E-state index in [1.54, 1.807) is 12.3 Å². The van der Waals surface area contributed by atoms with Gasteiger partial charge in [0.25, 0.3) is 0 Å². The van der Waals surface area contributed by atoms with Gasteiger partial charge >= 0.3 is 5.97 Å². The molecule has 4 nitrogen and oxygen atoms in total. The van der Waals surface area contributed by atoms with Crippen LogP contribution in [0.5, 0.6) is 0 Å². The number of carbonyl (C=O) groups is 1. The molecule has 0 amide bonds. The van der Waals surface area contributed by atoms with Gasteiger partial charge in [0.05, 0.1) is 5.52 Å². The number of benzene rings is 1. The summed E-state index contributed by atoms with van der Waals surface area (Å²) in [7, 11) is 0. The summed E-state index contributed by atoms with van der Waals surface area (Å²) in [5.41, 5.74) is 3.30. The molecule has 0 unspecified atom stereocenters. The third-order valence-electron chi connectivity index (χ3n) is 3.97. The molecule has 1 N–H and O–H groups in total. The molecular weight excluding hydrogens is 264 g/mol. The van der Waals surface area contributed by atoms with Crippen molar-refractivity contribution < 1.29 is 9.90 Å². The van der Waals surface area contributed by atoms with Crippen molar-refractivity contribution in [2.24, 2.45) is 0 Å². The number of hydrogen-bond donors (Lipinski definition) is 1. The SMILES string of the molecule is O=C(O)c1ccc(-c2cccc3ncccc23)n1C1CC1. The highest BCUT2D eigenvalue weighted by atomic mass is 16.4. The van der Waals surface area contributed by atoms with Crippen LogP contribution in [0.4, 0.5) is 0 Å². The number of aromatic nitrogens is 2. The predicted octanol–water partition coefficient (Wildman–Crippen LogP) is 3.74. The van der Waals surface area contributed by atoms with E-state index in [1.807, 2.05) is 41.0 Å². The van der Waals surface area contributed by atoms with E-state index < -0.39 is 5.97 Å². The van der Waals surface area contributed by atoms with E-state index in [0.717, 1.165) is 35.0 Å². The first-order valence-electron chi connectivity index (χ1n) is 7.04. The van der Waals surface area contributed by atoms with E-state index in [9.17, 15) is 9.90 Å². The van der Waals surface area contributed by atoms with E-state index in [4.69, 9.17) is 0 Å². The molecule has 104 valence electrons. The van der Waals surface area contributed by atoms with Gasteiger partial charge < -0.3 is 9.67 Å². The molecule has 0 radical (unpaired) electrons. The maximum Gasteiger partial charge on any atom is 0.352 e. The number of pyridine rings is 1. The summed E-state index contributed by atoms with van der Waals surface area (Å²) in [6, 6.07) is 13.8. The number of nitrogens with zero attached hydrogens (tertiary/aromatic N) is 2. The zero-order valence-electron chi connectivity index (χ0n) is 11.4. The Morgan fingerprint density at radius 3 is 2.76 bits per heavy atom. The molecule has 0 saturated heterocycles. The lowest BCUT2D eigenvalue weighted by atomic mass is 10.1. The number of hydrogen-bond acceptors (Lipinski definition) is 2. The Kier molecular flexibility index (Phi) is 2.57. The standard InChI is InChI=1S/C17H14N2O2/c20-17(21)16-9-8-15(19(16)11-6-7-11)13-3-1-5-14-12(13)4-2-10-18-14/h1-5,8-11H,6-7H2,(H,20,21). The Labute approximate surface area is 121 Å². The van der Waals surface area contributed by atoms with Gasteiger partial charge in [-0.1, -0.05) is 18.2 Å². The van der Waals surface area contributed by atoms with E-state index in [0.29, 0.717) is 11.7 Å². The maximum atomic E-state index is 11.4. The molecule has 1 aliphatic rings. The molecule has 1 fully saturated rings. The van der Waals surface area contributed by atoms with E-state index in [2.05, 4.69) is 4.98 Å². The molecule has 2 heterocycles. The van der Waals surface area contributed by atoms with Crippen LogP contribution in [0.2, 0.25) is 0 Å². The monoisotopic (exact) mass is 278 g/mol. The van der Waals surface area contributed by atoms with Crippen molar-refractivity contribution >= 4 is 16.9 Å². The molecule has 0 atom stereocenters. The Bertz CT molecular complexity index is 842. The van der Waals surface area contributed by atoms with Crippen LogP contribution < -0.4 is 0 Å². The summed E-state index contributed by atoms with van der Waals surface area (Å²) in [5.74, 6) is -0.869. The molecule has 4 rings (SSSR count). The number of rotatable bonds is 3. The van der Waals surface area contributed by atoms with Crippen LogP contribution in [0.25, 0.3) is 22.2 Å². The Morgan fingerprint density at radius 1 is 1.14 bits per heavy atom. The van der Waals surface area contributed by atoms with Gasteiger partial charge in [-0.25, -0.2) is 4.79 Å². The summed E-state index contributed by atoms with van der Waals surface area (Å²) in [6.07, 6.45) is 3.87. The van der Waals surface area contributed by atoms with Crippen LogP contribution in [0.1, 0.15) is 29.4 Å². The lowest BCUT2D eigenvalue weighted by molar-refractivity contribution is 0.0685. The molecule has 2 aromatic heterocycles. The quantitative estimate of drug-likeness (QED) is 0.794. The predicted molar refractivity (Wildman–Crippen MR) is 80.4 cm³/mol. The van der Waals surface area contributed by atoms with Crippen LogP contribution in [0.15, 0.2) is 48.7 Å². The number of carboxylic acid groups (broad SMARTS) is 1. The van der Waals surface area contributed by atoms with E-state index >= 15 is 0 Å². The van der Waals surface area contributed by atoms with E-state index in [-0.39, 0.29) is 0 Å². The van der Waals surface area contributed by atoms with Crippen LogP contribution in [0, 0.1) is 0 Å². The number of aromatic carboxylic acids is 1. The van der Waals surface area contributed by atoms with Gasteiger partial charge in [0, 0.05) is 28.9 Å². The Balaban J connectivity index is 1.99. The van der Waals surface area contributed by atoms with Gasteiger partial charge in [-0.2, -0.15) is 0 Å². The van der Waals surface area contributed by atoms with Crippen molar-refractivity contribution in [2.45, 2.75) is 18.9 Å². The highest BCUT2D eigenvalue weighted by Crippen LogP contribution is 2.41. The van der Waals surface area contributed by atoms with Crippen molar-refractivity contribution in [1.29, 1.82) is 0 Å². The highest BCUT2D eigenvalue weighted by molar-refractivity contribution is 5.95. The van der Waals surface area contributed by atoms with Crippen molar-refractivity contribution in [3.05, 3.63) is 54.4 Å². The molecule has 21 heavy (non-hydrogen) atoms. The summed E-state index contributed by atoms with van der Waals surface area (Å²) in [5, 5.41) is 10.4. The first kappa shape index (κ1) is 12.1. The van der Waals surface area contributed by atoms with Gasteiger partial charge in [-0.05, 0) is 37.1 Å². The lowest BCUT2D eigenvalue weighted by Gasteiger charge is -2.12. The summed E-state index contributed by atoms with van der Waals surface area (Å²) in [6.45, 7) is 0. The van der Waals surface area contributed by atoms with Crippen LogP contribution in [-0.2, 0) is 0 Å². The zero-order chi connectivity index (χ0) is 14.4. The Hall–Kier alpha value is -2.62. The minimum absolute atomic E-state index is 0.313. The van der Waals surface area contributed by atoms with Gasteiger partial charge in [0.15, 0.2) is 0 Å². The van der Waals surface area contributed by atoms with Crippen molar-refractivity contribution in [3.63, 3.8) is 0 Å². The highest BCUT2D eigenvalue weighted by Gasteiger charge is 2.30. The van der Waals surface area contributed by atoms with Crippen molar-refractivity contribution in [1.82, 2.24) is 9.55 Å². The molecule has 4 heteroatoms. The fourth-order valence-corrected chi connectivity index (χ4v) is 2.89. The Morgan fingerprint density at radius 2 is 2.00 bits per heavy atom. The van der Waals surface area contributed by atoms with E-state index in [1.165, 1.54) is 0 Å². The minimum atomic E-state index is -0.869. The molecule has 0 spiro atoms. The largest absolute Gasteiger partial charge is 0.477 e. The third-order valence-corrected chi connectivity index (χ3v) is 3.97. The van der Waals surface area contributed by atoms with Gasteiger partial charge in [0.1, 0.15) is 5.69 Å². The van der Waals surface area contributed by atoms with Crippen LogP contribution in [0.3, 0.4) is 0 Å². The second kappa shape index (κ2) is 4.45. The average molecular weight is 278 g/mol. The summed E-state index contributed by atoms with van der Waals surface area (Å²) >= 11 is 0. The smallest absolute Gasteiger partial charge is 0.352 e. The molecule has 1 saturated carbocycles. The average Bonchev–Trinajstić information content (AvgIpc) is 3.25. The van der Waals surface area contributed by atoms with Gasteiger partial charge in [-0.3, -0.25) is 4.98 Å². The normalized spacial score (nSPS) is 14.5. The minimum Gasteiger partial charge on any atom is -0.477 e. The molecular formula is C17H14N2O2. The summed E-state index contributed by atoms with van der Waals surface area (Å²) in [4.78, 5) is 15.8. The molecule has 3 aromatic rings. The number of carboxylic acids is 1. The molecule has 0 bridgehead atoms.